The number of rotatable bonds is 3. The third kappa shape index (κ3) is 3.88. The Balaban J connectivity index is 2.89. The largest absolute Gasteiger partial charge is 0.329 e. The lowest BCUT2D eigenvalue weighted by atomic mass is 10.1. The van der Waals surface area contributed by atoms with Gasteiger partial charge in [-0.25, -0.2) is 0 Å². The Morgan fingerprint density at radius 1 is 1.43 bits per heavy atom. The zero-order chi connectivity index (χ0) is 10.6. The summed E-state index contributed by atoms with van der Waals surface area (Å²) in [5.41, 5.74) is 1.62. The van der Waals surface area contributed by atoms with Crippen molar-refractivity contribution in [2.45, 2.75) is 13.1 Å². The van der Waals surface area contributed by atoms with Crippen molar-refractivity contribution < 1.29 is 14.4 Å². The fourth-order valence-electron chi connectivity index (χ4n) is 1.23. The predicted molar refractivity (Wildman–Crippen MR) is 56.9 cm³/mol. The summed E-state index contributed by atoms with van der Waals surface area (Å²) in [7, 11) is -3.95. The van der Waals surface area contributed by atoms with E-state index in [4.69, 9.17) is 9.79 Å². The van der Waals surface area contributed by atoms with Gasteiger partial charge in [-0.05, 0) is 18.1 Å². The van der Waals surface area contributed by atoms with Gasteiger partial charge in [0.15, 0.2) is 0 Å². The van der Waals surface area contributed by atoms with Crippen molar-refractivity contribution in [3.05, 3.63) is 41.5 Å². The first kappa shape index (κ1) is 11.2. The van der Waals surface area contributed by atoms with Gasteiger partial charge >= 0.3 is 7.60 Å². The molecule has 0 bridgehead atoms. The van der Waals surface area contributed by atoms with Crippen LogP contribution in [0.4, 0.5) is 0 Å². The molecule has 1 aromatic rings. The van der Waals surface area contributed by atoms with Gasteiger partial charge in [-0.3, -0.25) is 4.57 Å². The Morgan fingerprint density at radius 3 is 2.71 bits per heavy atom. The highest BCUT2D eigenvalue weighted by Crippen LogP contribution is 2.39. The second-order valence-electron chi connectivity index (χ2n) is 3.07. The van der Waals surface area contributed by atoms with Gasteiger partial charge in [0, 0.05) is 0 Å². The molecule has 0 saturated carbocycles. The standard InChI is InChI=1S/C10H13O3P/c1-2-4-9-5-3-6-10(7-9)8-14(11,12)13/h2-7H,8H2,1H3,(H2,11,12,13)/b4-2+. The van der Waals surface area contributed by atoms with Crippen LogP contribution in [0.25, 0.3) is 6.08 Å². The smallest absolute Gasteiger partial charge is 0.324 e. The minimum Gasteiger partial charge on any atom is -0.324 e. The van der Waals surface area contributed by atoms with E-state index in [0.29, 0.717) is 5.56 Å². The van der Waals surface area contributed by atoms with Crippen LogP contribution in [0.15, 0.2) is 30.3 Å². The SMILES string of the molecule is C/C=C/c1cccc(CP(=O)(O)O)c1. The summed E-state index contributed by atoms with van der Waals surface area (Å²) in [5.74, 6) is 0. The van der Waals surface area contributed by atoms with Gasteiger partial charge < -0.3 is 9.79 Å². The van der Waals surface area contributed by atoms with Crippen molar-refractivity contribution in [3.8, 4) is 0 Å². The molecular weight excluding hydrogens is 199 g/mol. The minimum atomic E-state index is -3.95. The normalized spacial score (nSPS) is 12.2. The highest BCUT2D eigenvalue weighted by molar-refractivity contribution is 7.50. The van der Waals surface area contributed by atoms with Crippen molar-refractivity contribution in [2.75, 3.05) is 0 Å². The number of allylic oxidation sites excluding steroid dienone is 1. The first-order chi connectivity index (χ1) is 6.51. The van der Waals surface area contributed by atoms with Crippen LogP contribution in [0.1, 0.15) is 18.1 Å². The Hall–Kier alpha value is -0.890. The van der Waals surface area contributed by atoms with Crippen molar-refractivity contribution >= 4 is 13.7 Å². The Labute approximate surface area is 83.3 Å². The lowest BCUT2D eigenvalue weighted by molar-refractivity contribution is 0.372. The lowest BCUT2D eigenvalue weighted by Gasteiger charge is -2.04. The first-order valence-electron chi connectivity index (χ1n) is 4.27. The van der Waals surface area contributed by atoms with E-state index >= 15 is 0 Å². The molecule has 0 aliphatic rings. The molecule has 0 aliphatic heterocycles. The van der Waals surface area contributed by atoms with E-state index in [1.165, 1.54) is 0 Å². The van der Waals surface area contributed by atoms with E-state index in [9.17, 15) is 4.57 Å². The summed E-state index contributed by atoms with van der Waals surface area (Å²) in [6.45, 7) is 1.90. The summed E-state index contributed by atoms with van der Waals surface area (Å²) >= 11 is 0. The molecule has 0 fully saturated rings. The third-order valence-electron chi connectivity index (χ3n) is 1.70. The van der Waals surface area contributed by atoms with Crippen molar-refractivity contribution in [3.63, 3.8) is 0 Å². The van der Waals surface area contributed by atoms with Crippen molar-refractivity contribution in [1.29, 1.82) is 0 Å². The van der Waals surface area contributed by atoms with E-state index < -0.39 is 7.60 Å². The molecule has 0 heterocycles. The average molecular weight is 212 g/mol. The van der Waals surface area contributed by atoms with Gasteiger partial charge in [0.2, 0.25) is 0 Å². The predicted octanol–water partition coefficient (Wildman–Crippen LogP) is 2.40. The van der Waals surface area contributed by atoms with Gasteiger partial charge in [-0.15, -0.1) is 0 Å². The number of hydrogen-bond acceptors (Lipinski definition) is 1. The third-order valence-corrected chi connectivity index (χ3v) is 2.48. The quantitative estimate of drug-likeness (QED) is 0.756. The molecule has 1 rings (SSSR count). The van der Waals surface area contributed by atoms with Gasteiger partial charge in [-0.1, -0.05) is 36.4 Å². The molecular formula is C10H13O3P. The van der Waals surface area contributed by atoms with Crippen LogP contribution >= 0.6 is 7.60 Å². The van der Waals surface area contributed by atoms with Gasteiger partial charge in [0.25, 0.3) is 0 Å². The van der Waals surface area contributed by atoms with Crippen LogP contribution in [-0.4, -0.2) is 9.79 Å². The Morgan fingerprint density at radius 2 is 2.14 bits per heavy atom. The van der Waals surface area contributed by atoms with Crippen LogP contribution < -0.4 is 0 Å². The monoisotopic (exact) mass is 212 g/mol. The summed E-state index contributed by atoms with van der Waals surface area (Å²) in [6, 6.07) is 7.18. The number of benzene rings is 1. The van der Waals surface area contributed by atoms with Gasteiger partial charge in [0.05, 0.1) is 6.16 Å². The molecule has 0 atom stereocenters. The second-order valence-corrected chi connectivity index (χ2v) is 4.71. The number of hydrogen-bond donors (Lipinski definition) is 2. The Kier molecular flexibility index (Phi) is 3.64. The maximum absolute atomic E-state index is 10.7. The highest BCUT2D eigenvalue weighted by atomic mass is 31.2. The molecule has 0 aromatic heterocycles. The fourth-order valence-corrected chi connectivity index (χ4v) is 1.90. The molecule has 2 N–H and O–H groups in total. The zero-order valence-electron chi connectivity index (χ0n) is 7.92. The van der Waals surface area contributed by atoms with Crippen molar-refractivity contribution in [1.82, 2.24) is 0 Å². The van der Waals surface area contributed by atoms with Crippen LogP contribution in [0.5, 0.6) is 0 Å². The average Bonchev–Trinajstić information content (AvgIpc) is 2.02. The first-order valence-corrected chi connectivity index (χ1v) is 6.07. The Bertz CT molecular complexity index is 379. The molecule has 3 nitrogen and oxygen atoms in total. The van der Waals surface area contributed by atoms with E-state index in [1.54, 1.807) is 18.2 Å². The van der Waals surface area contributed by atoms with Crippen LogP contribution in [0, 0.1) is 0 Å². The topological polar surface area (TPSA) is 57.5 Å². The molecule has 0 spiro atoms. The molecule has 0 aliphatic carbocycles. The summed E-state index contributed by atoms with van der Waals surface area (Å²) < 4.78 is 10.7. The molecule has 4 heteroatoms. The summed E-state index contributed by atoms with van der Waals surface area (Å²) in [5, 5.41) is 0. The molecule has 0 amide bonds. The molecule has 14 heavy (non-hydrogen) atoms. The maximum Gasteiger partial charge on any atom is 0.329 e. The van der Waals surface area contributed by atoms with E-state index in [-0.39, 0.29) is 6.16 Å². The minimum absolute atomic E-state index is 0.196. The van der Waals surface area contributed by atoms with E-state index in [1.807, 2.05) is 25.1 Å². The van der Waals surface area contributed by atoms with Crippen LogP contribution in [0.3, 0.4) is 0 Å². The van der Waals surface area contributed by atoms with Crippen LogP contribution in [-0.2, 0) is 10.7 Å². The fraction of sp³-hybridized carbons (Fsp3) is 0.200. The molecule has 76 valence electrons. The van der Waals surface area contributed by atoms with Crippen LogP contribution in [0.2, 0.25) is 0 Å². The van der Waals surface area contributed by atoms with Gasteiger partial charge in [-0.2, -0.15) is 0 Å². The van der Waals surface area contributed by atoms with E-state index in [2.05, 4.69) is 0 Å². The maximum atomic E-state index is 10.7. The van der Waals surface area contributed by atoms with Gasteiger partial charge in [0.1, 0.15) is 0 Å². The van der Waals surface area contributed by atoms with E-state index in [0.717, 1.165) is 5.56 Å². The lowest BCUT2D eigenvalue weighted by Crippen LogP contribution is -1.87. The van der Waals surface area contributed by atoms with Crippen molar-refractivity contribution in [2.24, 2.45) is 0 Å². The second kappa shape index (κ2) is 4.56. The summed E-state index contributed by atoms with van der Waals surface area (Å²) in [4.78, 5) is 17.6. The molecule has 1 aromatic carbocycles. The molecule has 0 unspecified atom stereocenters. The summed E-state index contributed by atoms with van der Waals surface area (Å²) in [6.07, 6.45) is 3.58. The molecule has 0 saturated heterocycles. The highest BCUT2D eigenvalue weighted by Gasteiger charge is 2.13. The molecule has 0 radical (unpaired) electrons. The zero-order valence-corrected chi connectivity index (χ0v) is 8.82.